The van der Waals surface area contributed by atoms with Crippen LogP contribution < -0.4 is 5.32 Å². The monoisotopic (exact) mass is 348 g/mol. The van der Waals surface area contributed by atoms with Gasteiger partial charge in [-0.05, 0) is 25.0 Å². The molecule has 0 bridgehead atoms. The van der Waals surface area contributed by atoms with Crippen molar-refractivity contribution in [3.63, 3.8) is 0 Å². The molecule has 1 N–H and O–H groups in total. The third kappa shape index (κ3) is 4.15. The minimum Gasteiger partial charge on any atom is -0.352 e. The molecular weight excluding hydrogens is 332 g/mol. The van der Waals surface area contributed by atoms with Gasteiger partial charge >= 0.3 is 0 Å². The Morgan fingerprint density at radius 2 is 1.81 bits per heavy atom. The van der Waals surface area contributed by atoms with Gasteiger partial charge in [0.15, 0.2) is 11.7 Å². The maximum atomic E-state index is 12.3. The van der Waals surface area contributed by atoms with Gasteiger partial charge in [-0.25, -0.2) is 0 Å². The molecule has 1 aromatic carbocycles. The minimum atomic E-state index is -1.27. The number of hydrogen-bond acceptors (Lipinski definition) is 3. The highest BCUT2D eigenvalue weighted by molar-refractivity contribution is 9.10. The van der Waals surface area contributed by atoms with Crippen molar-refractivity contribution in [2.45, 2.75) is 38.1 Å². The smallest absolute Gasteiger partial charge is 0.245 e. The Hall–Kier alpha value is -1.67. The van der Waals surface area contributed by atoms with Crippen molar-refractivity contribution in [1.29, 1.82) is 5.26 Å². The Morgan fingerprint density at radius 3 is 2.38 bits per heavy atom. The van der Waals surface area contributed by atoms with Gasteiger partial charge in [-0.15, -0.1) is 0 Å². The van der Waals surface area contributed by atoms with Gasteiger partial charge in [-0.3, -0.25) is 9.59 Å². The zero-order valence-corrected chi connectivity index (χ0v) is 13.2. The zero-order chi connectivity index (χ0) is 15.2. The van der Waals surface area contributed by atoms with Crippen LogP contribution in [0.4, 0.5) is 0 Å². The van der Waals surface area contributed by atoms with E-state index in [1.165, 1.54) is 6.42 Å². The van der Waals surface area contributed by atoms with Crippen molar-refractivity contribution < 1.29 is 9.59 Å². The molecule has 110 valence electrons. The second kappa shape index (κ2) is 7.37. The van der Waals surface area contributed by atoms with E-state index in [9.17, 15) is 14.9 Å². The maximum absolute atomic E-state index is 12.3. The van der Waals surface area contributed by atoms with Crippen molar-refractivity contribution in [1.82, 2.24) is 5.32 Å². The number of halogens is 1. The molecule has 0 heterocycles. The van der Waals surface area contributed by atoms with Crippen molar-refractivity contribution in [2.75, 3.05) is 0 Å². The van der Waals surface area contributed by atoms with Gasteiger partial charge in [0.25, 0.3) is 0 Å². The summed E-state index contributed by atoms with van der Waals surface area (Å²) in [5, 5.41) is 12.0. The fourth-order valence-electron chi connectivity index (χ4n) is 2.55. The quantitative estimate of drug-likeness (QED) is 0.670. The second-order valence-electron chi connectivity index (χ2n) is 5.28. The first kappa shape index (κ1) is 15.7. The highest BCUT2D eigenvalue weighted by Gasteiger charge is 2.29. The number of carbonyl (C=O) groups excluding carboxylic acids is 2. The van der Waals surface area contributed by atoms with E-state index in [4.69, 9.17) is 0 Å². The highest BCUT2D eigenvalue weighted by atomic mass is 79.9. The number of ketones is 1. The van der Waals surface area contributed by atoms with E-state index in [1.54, 1.807) is 24.3 Å². The van der Waals surface area contributed by atoms with Crippen LogP contribution in [-0.2, 0) is 4.79 Å². The van der Waals surface area contributed by atoms with Crippen LogP contribution >= 0.6 is 15.9 Å². The molecular formula is C16H17BrN2O2. The lowest BCUT2D eigenvalue weighted by Gasteiger charge is -2.23. The lowest BCUT2D eigenvalue weighted by atomic mass is 9.93. The number of rotatable bonds is 4. The number of nitrogens with one attached hydrogen (secondary N) is 1. The summed E-state index contributed by atoms with van der Waals surface area (Å²) in [4.78, 5) is 24.4. The molecule has 0 radical (unpaired) electrons. The van der Waals surface area contributed by atoms with Crippen LogP contribution in [0.2, 0.25) is 0 Å². The molecule has 0 unspecified atom stereocenters. The molecule has 21 heavy (non-hydrogen) atoms. The topological polar surface area (TPSA) is 70.0 Å². The number of nitrogens with zero attached hydrogens (tertiary/aromatic N) is 1. The Morgan fingerprint density at radius 1 is 1.19 bits per heavy atom. The van der Waals surface area contributed by atoms with E-state index >= 15 is 0 Å². The molecule has 1 aromatic rings. The fourth-order valence-corrected chi connectivity index (χ4v) is 2.81. The number of carbonyl (C=O) groups is 2. The molecule has 1 aliphatic carbocycles. The van der Waals surface area contributed by atoms with E-state index in [0.29, 0.717) is 5.56 Å². The van der Waals surface area contributed by atoms with Crippen LogP contribution in [0.3, 0.4) is 0 Å². The first-order chi connectivity index (χ1) is 10.1. The fraction of sp³-hybridized carbons (Fsp3) is 0.438. The summed E-state index contributed by atoms with van der Waals surface area (Å²) >= 11 is 3.29. The third-order valence-electron chi connectivity index (χ3n) is 3.73. The van der Waals surface area contributed by atoms with E-state index < -0.39 is 17.6 Å². The van der Waals surface area contributed by atoms with Gasteiger partial charge in [-0.1, -0.05) is 47.3 Å². The summed E-state index contributed by atoms with van der Waals surface area (Å²) in [5.41, 5.74) is 0.378. The molecule has 2 rings (SSSR count). The average Bonchev–Trinajstić information content (AvgIpc) is 2.49. The lowest BCUT2D eigenvalue weighted by molar-refractivity contribution is -0.123. The second-order valence-corrected chi connectivity index (χ2v) is 6.19. The zero-order valence-electron chi connectivity index (χ0n) is 11.6. The lowest BCUT2D eigenvalue weighted by Crippen LogP contribution is -2.42. The van der Waals surface area contributed by atoms with Gasteiger partial charge < -0.3 is 5.32 Å². The largest absolute Gasteiger partial charge is 0.352 e. The Bertz CT molecular complexity index is 557. The van der Waals surface area contributed by atoms with Gasteiger partial charge in [0.1, 0.15) is 0 Å². The molecule has 0 aromatic heterocycles. The predicted octanol–water partition coefficient (Wildman–Crippen LogP) is 3.22. The number of amides is 1. The van der Waals surface area contributed by atoms with Crippen molar-refractivity contribution in [2.24, 2.45) is 5.92 Å². The molecule has 0 aliphatic heterocycles. The van der Waals surface area contributed by atoms with Crippen LogP contribution in [0.25, 0.3) is 0 Å². The normalized spacial score (nSPS) is 16.8. The summed E-state index contributed by atoms with van der Waals surface area (Å²) in [7, 11) is 0. The SMILES string of the molecule is N#C[C@H](C(=O)NC1CCCCC1)C(=O)c1ccc(Br)cc1. The third-order valence-corrected chi connectivity index (χ3v) is 4.26. The Labute approximate surface area is 132 Å². The summed E-state index contributed by atoms with van der Waals surface area (Å²) in [6, 6.07) is 8.61. The minimum absolute atomic E-state index is 0.0971. The van der Waals surface area contributed by atoms with Crippen molar-refractivity contribution in [3.8, 4) is 6.07 Å². The van der Waals surface area contributed by atoms with Crippen molar-refractivity contribution in [3.05, 3.63) is 34.3 Å². The van der Waals surface area contributed by atoms with E-state index in [-0.39, 0.29) is 6.04 Å². The van der Waals surface area contributed by atoms with Crippen LogP contribution in [0, 0.1) is 17.2 Å². The molecule has 1 fully saturated rings. The summed E-state index contributed by atoms with van der Waals surface area (Å²) < 4.78 is 0.846. The average molecular weight is 349 g/mol. The van der Waals surface area contributed by atoms with Crippen LogP contribution in [0.5, 0.6) is 0 Å². The van der Waals surface area contributed by atoms with Gasteiger partial charge in [-0.2, -0.15) is 5.26 Å². The standard InChI is InChI=1S/C16H17BrN2O2/c17-12-8-6-11(7-9-12)15(20)14(10-18)16(21)19-13-4-2-1-3-5-13/h6-9,13-14H,1-5H2,(H,19,21)/t14-/m0/s1. The molecule has 1 amide bonds. The number of hydrogen-bond donors (Lipinski definition) is 1. The van der Waals surface area contributed by atoms with E-state index in [2.05, 4.69) is 21.2 Å². The molecule has 4 nitrogen and oxygen atoms in total. The van der Waals surface area contributed by atoms with Gasteiger partial charge in [0.2, 0.25) is 5.91 Å². The molecule has 1 atom stereocenters. The maximum Gasteiger partial charge on any atom is 0.245 e. The van der Waals surface area contributed by atoms with E-state index in [1.807, 2.05) is 6.07 Å². The first-order valence-electron chi connectivity index (χ1n) is 7.11. The number of benzene rings is 1. The molecule has 0 spiro atoms. The number of Topliss-reactive ketones (excluding diaryl/α,β-unsaturated/α-hetero) is 1. The molecule has 1 saturated carbocycles. The Balaban J connectivity index is 2.04. The van der Waals surface area contributed by atoms with Gasteiger partial charge in [0, 0.05) is 16.1 Å². The van der Waals surface area contributed by atoms with Crippen LogP contribution in [0.15, 0.2) is 28.7 Å². The van der Waals surface area contributed by atoms with E-state index in [0.717, 1.165) is 30.2 Å². The Kier molecular flexibility index (Phi) is 5.51. The summed E-state index contributed by atoms with van der Waals surface area (Å²) in [6.45, 7) is 0. The molecule has 0 saturated heterocycles. The summed E-state index contributed by atoms with van der Waals surface area (Å²) in [5.74, 6) is -2.19. The van der Waals surface area contributed by atoms with Crippen molar-refractivity contribution >= 4 is 27.6 Å². The molecule has 1 aliphatic rings. The number of nitriles is 1. The predicted molar refractivity (Wildman–Crippen MR) is 82.6 cm³/mol. The summed E-state index contributed by atoms with van der Waals surface area (Å²) in [6.07, 6.45) is 5.21. The van der Waals surface area contributed by atoms with Crippen LogP contribution in [-0.4, -0.2) is 17.7 Å². The van der Waals surface area contributed by atoms with Gasteiger partial charge in [0.05, 0.1) is 6.07 Å². The molecule has 5 heteroatoms. The van der Waals surface area contributed by atoms with Crippen LogP contribution in [0.1, 0.15) is 42.5 Å². The first-order valence-corrected chi connectivity index (χ1v) is 7.91. The highest BCUT2D eigenvalue weighted by Crippen LogP contribution is 2.19.